The predicted molar refractivity (Wildman–Crippen MR) is 115 cm³/mol. The summed E-state index contributed by atoms with van der Waals surface area (Å²) in [5.41, 5.74) is 1.58. The van der Waals surface area contributed by atoms with Crippen LogP contribution in [0.15, 0.2) is 60.0 Å². The van der Waals surface area contributed by atoms with Crippen molar-refractivity contribution in [2.45, 2.75) is 13.3 Å². The van der Waals surface area contributed by atoms with Crippen LogP contribution in [0.3, 0.4) is 0 Å². The Balaban J connectivity index is 1.71. The number of carbonyl (C=O) groups excluding carboxylic acids is 2. The maximum absolute atomic E-state index is 12.6. The maximum atomic E-state index is 12.6. The first kappa shape index (κ1) is 20.4. The molecule has 3 rings (SSSR count). The molecular formula is C22H22N2O4S. The second-order valence-electron chi connectivity index (χ2n) is 6.18. The van der Waals surface area contributed by atoms with Crippen molar-refractivity contribution in [3.05, 3.63) is 70.4 Å². The molecule has 0 aliphatic heterocycles. The van der Waals surface area contributed by atoms with E-state index in [-0.39, 0.29) is 11.8 Å². The zero-order valence-corrected chi connectivity index (χ0v) is 17.0. The lowest BCUT2D eigenvalue weighted by Crippen LogP contribution is -2.13. The van der Waals surface area contributed by atoms with Crippen LogP contribution in [0.1, 0.15) is 33.4 Å². The lowest BCUT2D eigenvalue weighted by atomic mass is 10.2. The van der Waals surface area contributed by atoms with E-state index in [1.54, 1.807) is 42.5 Å². The highest BCUT2D eigenvalue weighted by molar-refractivity contribution is 7.12. The van der Waals surface area contributed by atoms with Gasteiger partial charge in [0, 0.05) is 17.3 Å². The fourth-order valence-electron chi connectivity index (χ4n) is 2.61. The lowest BCUT2D eigenvalue weighted by molar-refractivity contribution is 0.101. The number of hydrogen-bond donors (Lipinski definition) is 2. The fourth-order valence-corrected chi connectivity index (χ4v) is 3.23. The quantitative estimate of drug-likeness (QED) is 0.545. The molecule has 2 amide bonds. The molecule has 0 bridgehead atoms. The largest absolute Gasteiger partial charge is 0.494 e. The maximum Gasteiger partial charge on any atom is 0.265 e. The molecule has 0 atom stereocenters. The number of hydrogen-bond acceptors (Lipinski definition) is 5. The van der Waals surface area contributed by atoms with Crippen molar-refractivity contribution in [2.24, 2.45) is 0 Å². The van der Waals surface area contributed by atoms with Crippen LogP contribution in [0.5, 0.6) is 11.5 Å². The number of nitrogens with one attached hydrogen (secondary N) is 2. The van der Waals surface area contributed by atoms with Gasteiger partial charge in [0.2, 0.25) is 0 Å². The molecule has 0 aliphatic rings. The highest BCUT2D eigenvalue weighted by atomic mass is 32.1. The summed E-state index contributed by atoms with van der Waals surface area (Å²) in [6.45, 7) is 2.62. The Morgan fingerprint density at radius 1 is 1.00 bits per heavy atom. The van der Waals surface area contributed by atoms with E-state index in [2.05, 4.69) is 10.6 Å². The van der Waals surface area contributed by atoms with Gasteiger partial charge >= 0.3 is 0 Å². The van der Waals surface area contributed by atoms with Gasteiger partial charge in [0.05, 0.1) is 24.3 Å². The SMILES string of the molecule is CCCOc1cccc(C(=O)Nc2ccc(NC(=O)c3cccs3)c(OC)c2)c1. The zero-order chi connectivity index (χ0) is 20.6. The summed E-state index contributed by atoms with van der Waals surface area (Å²) in [6, 6.07) is 15.7. The van der Waals surface area contributed by atoms with Crippen molar-refractivity contribution < 1.29 is 19.1 Å². The number of anilines is 2. The van der Waals surface area contributed by atoms with E-state index in [9.17, 15) is 9.59 Å². The zero-order valence-electron chi connectivity index (χ0n) is 16.2. The van der Waals surface area contributed by atoms with Gasteiger partial charge in [-0.3, -0.25) is 9.59 Å². The molecule has 6 nitrogen and oxygen atoms in total. The topological polar surface area (TPSA) is 76.7 Å². The molecule has 1 heterocycles. The summed E-state index contributed by atoms with van der Waals surface area (Å²) in [5.74, 6) is 0.639. The number of benzene rings is 2. The van der Waals surface area contributed by atoms with Gasteiger partial charge < -0.3 is 20.1 Å². The molecule has 3 aromatic rings. The molecule has 0 saturated heterocycles. The summed E-state index contributed by atoms with van der Waals surface area (Å²) >= 11 is 1.36. The molecule has 29 heavy (non-hydrogen) atoms. The summed E-state index contributed by atoms with van der Waals surface area (Å²) in [4.78, 5) is 25.4. The normalized spacial score (nSPS) is 10.3. The molecule has 0 aliphatic carbocycles. The summed E-state index contributed by atoms with van der Waals surface area (Å²) in [6.07, 6.45) is 0.894. The molecule has 0 saturated carbocycles. The first-order valence-electron chi connectivity index (χ1n) is 9.18. The third-order valence-corrected chi connectivity index (χ3v) is 4.89. The van der Waals surface area contributed by atoms with Gasteiger partial charge in [0.1, 0.15) is 11.5 Å². The Bertz CT molecular complexity index is 986. The van der Waals surface area contributed by atoms with Crippen molar-refractivity contribution in [1.82, 2.24) is 0 Å². The third kappa shape index (κ3) is 5.36. The Hall–Kier alpha value is -3.32. The van der Waals surface area contributed by atoms with Crippen molar-refractivity contribution >= 4 is 34.5 Å². The second kappa shape index (κ2) is 9.75. The van der Waals surface area contributed by atoms with E-state index in [1.807, 2.05) is 24.4 Å². The minimum atomic E-state index is -0.260. The number of rotatable bonds is 8. The summed E-state index contributed by atoms with van der Waals surface area (Å²) in [7, 11) is 1.51. The molecule has 2 N–H and O–H groups in total. The molecule has 0 radical (unpaired) electrons. The smallest absolute Gasteiger partial charge is 0.265 e. The van der Waals surface area contributed by atoms with Gasteiger partial charge in [-0.15, -0.1) is 11.3 Å². The second-order valence-corrected chi connectivity index (χ2v) is 7.12. The van der Waals surface area contributed by atoms with E-state index >= 15 is 0 Å². The van der Waals surface area contributed by atoms with Gasteiger partial charge in [-0.1, -0.05) is 19.1 Å². The van der Waals surface area contributed by atoms with Gasteiger partial charge in [-0.05, 0) is 48.2 Å². The van der Waals surface area contributed by atoms with Crippen LogP contribution in [0.25, 0.3) is 0 Å². The van der Waals surface area contributed by atoms with Crippen molar-refractivity contribution in [3.63, 3.8) is 0 Å². The Morgan fingerprint density at radius 3 is 2.59 bits per heavy atom. The standard InChI is InChI=1S/C22H22N2O4S/c1-3-11-28-17-7-4-6-15(13-17)21(25)23-16-9-10-18(19(14-16)27-2)24-22(26)20-8-5-12-29-20/h4-10,12-14H,3,11H2,1-2H3,(H,23,25)(H,24,26). The van der Waals surface area contributed by atoms with Crippen LogP contribution in [0.4, 0.5) is 11.4 Å². The fraction of sp³-hybridized carbons (Fsp3) is 0.182. The monoisotopic (exact) mass is 410 g/mol. The molecule has 0 unspecified atom stereocenters. The predicted octanol–water partition coefficient (Wildman–Crippen LogP) is 5.05. The number of carbonyl (C=O) groups is 2. The van der Waals surface area contributed by atoms with Crippen molar-refractivity contribution in [3.8, 4) is 11.5 Å². The average molecular weight is 410 g/mol. The average Bonchev–Trinajstić information content (AvgIpc) is 3.28. The Morgan fingerprint density at radius 2 is 1.86 bits per heavy atom. The number of thiophene rings is 1. The molecule has 2 aromatic carbocycles. The van der Waals surface area contributed by atoms with Crippen LogP contribution in [-0.2, 0) is 0 Å². The van der Waals surface area contributed by atoms with Gasteiger partial charge in [0.15, 0.2) is 0 Å². The van der Waals surface area contributed by atoms with E-state index in [1.165, 1.54) is 18.4 Å². The van der Waals surface area contributed by atoms with Crippen LogP contribution in [0.2, 0.25) is 0 Å². The Kier molecular flexibility index (Phi) is 6.86. The van der Waals surface area contributed by atoms with Crippen molar-refractivity contribution in [2.75, 3.05) is 24.4 Å². The number of ether oxygens (including phenoxy) is 2. The first-order chi connectivity index (χ1) is 14.1. The molecular weight excluding hydrogens is 388 g/mol. The summed E-state index contributed by atoms with van der Waals surface area (Å²) in [5, 5.41) is 7.50. The van der Waals surface area contributed by atoms with Gasteiger partial charge in [-0.25, -0.2) is 0 Å². The third-order valence-electron chi connectivity index (χ3n) is 4.02. The van der Waals surface area contributed by atoms with E-state index < -0.39 is 0 Å². The Labute approximate surface area is 173 Å². The van der Waals surface area contributed by atoms with Crippen LogP contribution < -0.4 is 20.1 Å². The van der Waals surface area contributed by atoms with Crippen LogP contribution >= 0.6 is 11.3 Å². The van der Waals surface area contributed by atoms with Crippen molar-refractivity contribution in [1.29, 1.82) is 0 Å². The molecule has 0 spiro atoms. The van der Waals surface area contributed by atoms with E-state index in [0.29, 0.717) is 39.9 Å². The molecule has 150 valence electrons. The number of methoxy groups -OCH3 is 1. The number of amides is 2. The first-order valence-corrected chi connectivity index (χ1v) is 10.1. The minimum Gasteiger partial charge on any atom is -0.494 e. The van der Waals surface area contributed by atoms with Gasteiger partial charge in [-0.2, -0.15) is 0 Å². The highest BCUT2D eigenvalue weighted by Crippen LogP contribution is 2.29. The molecule has 7 heteroatoms. The minimum absolute atomic E-state index is 0.209. The molecule has 0 fully saturated rings. The van der Waals surface area contributed by atoms with Crippen LogP contribution in [0, 0.1) is 0 Å². The lowest BCUT2D eigenvalue weighted by Gasteiger charge is -2.13. The molecule has 1 aromatic heterocycles. The van der Waals surface area contributed by atoms with Crippen LogP contribution in [-0.4, -0.2) is 25.5 Å². The van der Waals surface area contributed by atoms with E-state index in [4.69, 9.17) is 9.47 Å². The summed E-state index contributed by atoms with van der Waals surface area (Å²) < 4.78 is 10.9. The van der Waals surface area contributed by atoms with Gasteiger partial charge in [0.25, 0.3) is 11.8 Å². The van der Waals surface area contributed by atoms with E-state index in [0.717, 1.165) is 6.42 Å². The highest BCUT2D eigenvalue weighted by Gasteiger charge is 2.13.